The summed E-state index contributed by atoms with van der Waals surface area (Å²) in [6.45, 7) is 6.19. The van der Waals surface area contributed by atoms with Crippen LogP contribution in [0.25, 0.3) is 0 Å². The van der Waals surface area contributed by atoms with Crippen LogP contribution in [0, 0.1) is 6.92 Å². The summed E-state index contributed by atoms with van der Waals surface area (Å²) >= 11 is 3.25. The first kappa shape index (κ1) is 15.7. The Morgan fingerprint density at radius 1 is 1.35 bits per heavy atom. The lowest BCUT2D eigenvalue weighted by molar-refractivity contribution is -0.0439. The number of ether oxygens (including phenoxy) is 1. The zero-order chi connectivity index (χ0) is 14.9. The van der Waals surface area contributed by atoms with Gasteiger partial charge in [-0.3, -0.25) is 4.72 Å². The summed E-state index contributed by atoms with van der Waals surface area (Å²) in [5, 5.41) is 0. The van der Waals surface area contributed by atoms with Crippen molar-refractivity contribution in [3.05, 3.63) is 22.4 Å². The highest BCUT2D eigenvalue weighted by Crippen LogP contribution is 2.20. The first-order valence-electron chi connectivity index (χ1n) is 6.34. The summed E-state index contributed by atoms with van der Waals surface area (Å²) in [5.41, 5.74) is 1.11. The summed E-state index contributed by atoms with van der Waals surface area (Å²) in [5.74, 6) is 0. The number of hydrogen-bond donors (Lipinski definition) is 1. The number of halogens is 1. The van der Waals surface area contributed by atoms with Gasteiger partial charge in [0.1, 0.15) is 4.60 Å². The minimum Gasteiger partial charge on any atom is -0.373 e. The average molecular weight is 364 g/mol. The topological polar surface area (TPSA) is 71.5 Å². The first-order valence-corrected chi connectivity index (χ1v) is 8.58. The molecule has 20 heavy (non-hydrogen) atoms. The van der Waals surface area contributed by atoms with E-state index in [2.05, 4.69) is 25.6 Å². The normalized spacial score (nSPS) is 24.6. The van der Waals surface area contributed by atoms with Gasteiger partial charge in [0.2, 0.25) is 0 Å². The van der Waals surface area contributed by atoms with Gasteiger partial charge in [0, 0.05) is 13.1 Å². The van der Waals surface area contributed by atoms with Crippen molar-refractivity contribution in [2.24, 2.45) is 0 Å². The molecule has 1 N–H and O–H groups in total. The van der Waals surface area contributed by atoms with E-state index in [9.17, 15) is 8.42 Å². The summed E-state index contributed by atoms with van der Waals surface area (Å²) in [6.07, 6.45) is -0.223. The van der Waals surface area contributed by atoms with Crippen molar-refractivity contribution in [2.75, 3.05) is 17.8 Å². The maximum Gasteiger partial charge on any atom is 0.301 e. The van der Waals surface area contributed by atoms with Crippen molar-refractivity contribution in [1.29, 1.82) is 0 Å². The molecule has 8 heteroatoms. The Morgan fingerprint density at radius 3 is 2.50 bits per heavy atom. The second-order valence-electron chi connectivity index (χ2n) is 4.95. The highest BCUT2D eigenvalue weighted by Gasteiger charge is 2.31. The lowest BCUT2D eigenvalue weighted by Gasteiger charge is -2.34. The van der Waals surface area contributed by atoms with Gasteiger partial charge >= 0.3 is 10.2 Å². The van der Waals surface area contributed by atoms with E-state index in [1.807, 2.05) is 13.8 Å². The fourth-order valence-electron chi connectivity index (χ4n) is 2.17. The molecule has 0 bridgehead atoms. The highest BCUT2D eigenvalue weighted by molar-refractivity contribution is 9.10. The molecule has 1 aliphatic rings. The average Bonchev–Trinajstić information content (AvgIpc) is 2.31. The molecule has 1 fully saturated rings. The van der Waals surface area contributed by atoms with Gasteiger partial charge in [0.05, 0.1) is 23.6 Å². The van der Waals surface area contributed by atoms with E-state index in [0.717, 1.165) is 0 Å². The van der Waals surface area contributed by atoms with Crippen LogP contribution in [0.2, 0.25) is 0 Å². The van der Waals surface area contributed by atoms with Crippen molar-refractivity contribution >= 4 is 31.8 Å². The lowest BCUT2D eigenvalue weighted by Crippen LogP contribution is -2.49. The number of aromatic nitrogens is 1. The highest BCUT2D eigenvalue weighted by atomic mass is 79.9. The molecule has 0 saturated carbocycles. The Balaban J connectivity index is 2.18. The van der Waals surface area contributed by atoms with Gasteiger partial charge in [0.15, 0.2) is 0 Å². The van der Waals surface area contributed by atoms with Crippen LogP contribution in [0.5, 0.6) is 0 Å². The summed E-state index contributed by atoms with van der Waals surface area (Å²) in [6, 6.07) is 3.40. The van der Waals surface area contributed by atoms with Gasteiger partial charge in [-0.2, -0.15) is 12.7 Å². The largest absolute Gasteiger partial charge is 0.373 e. The molecular weight excluding hydrogens is 346 g/mol. The second-order valence-corrected chi connectivity index (χ2v) is 7.43. The predicted molar refractivity (Wildman–Crippen MR) is 80.8 cm³/mol. The number of aryl methyl sites for hydroxylation is 1. The smallest absolute Gasteiger partial charge is 0.301 e. The quantitative estimate of drug-likeness (QED) is 0.832. The number of nitrogens with zero attached hydrogens (tertiary/aromatic N) is 2. The summed E-state index contributed by atoms with van der Waals surface area (Å²) in [4.78, 5) is 4.18. The van der Waals surface area contributed by atoms with E-state index in [-0.39, 0.29) is 12.2 Å². The minimum atomic E-state index is -3.59. The standard InChI is InChI=1S/C12H18BrN3O3S/c1-8-6-16(7-9(2)19-8)20(17,18)15-11-4-5-12(13)14-10(11)3/h4-5,8-9,15H,6-7H2,1-3H3. The van der Waals surface area contributed by atoms with Crippen LogP contribution in [0.1, 0.15) is 19.5 Å². The Bertz CT molecular complexity index is 584. The van der Waals surface area contributed by atoms with E-state index in [1.165, 1.54) is 4.31 Å². The summed E-state index contributed by atoms with van der Waals surface area (Å²) in [7, 11) is -3.59. The number of rotatable bonds is 3. The van der Waals surface area contributed by atoms with Gasteiger partial charge in [-0.05, 0) is 48.8 Å². The molecule has 2 unspecified atom stereocenters. The van der Waals surface area contributed by atoms with Crippen molar-refractivity contribution in [2.45, 2.75) is 33.0 Å². The number of morpholine rings is 1. The second kappa shape index (κ2) is 5.97. The molecule has 1 saturated heterocycles. The third kappa shape index (κ3) is 3.69. The zero-order valence-electron chi connectivity index (χ0n) is 11.6. The number of anilines is 1. The van der Waals surface area contributed by atoms with Crippen molar-refractivity contribution in [3.63, 3.8) is 0 Å². The monoisotopic (exact) mass is 363 g/mol. The fourth-order valence-corrected chi connectivity index (χ4v) is 4.00. The van der Waals surface area contributed by atoms with E-state index < -0.39 is 10.2 Å². The van der Waals surface area contributed by atoms with Crippen molar-refractivity contribution in [3.8, 4) is 0 Å². The van der Waals surface area contributed by atoms with Crippen LogP contribution >= 0.6 is 15.9 Å². The van der Waals surface area contributed by atoms with Gasteiger partial charge in [-0.1, -0.05) is 0 Å². The van der Waals surface area contributed by atoms with E-state index >= 15 is 0 Å². The van der Waals surface area contributed by atoms with E-state index in [0.29, 0.717) is 29.1 Å². The van der Waals surface area contributed by atoms with Crippen LogP contribution in [-0.2, 0) is 14.9 Å². The fraction of sp³-hybridized carbons (Fsp3) is 0.583. The van der Waals surface area contributed by atoms with Crippen LogP contribution in [0.4, 0.5) is 5.69 Å². The molecule has 112 valence electrons. The summed E-state index contributed by atoms with van der Waals surface area (Å²) < 4.78 is 35.0. The Labute approximate surface area is 127 Å². The molecule has 0 spiro atoms. The molecule has 0 amide bonds. The Morgan fingerprint density at radius 2 is 1.95 bits per heavy atom. The van der Waals surface area contributed by atoms with Gasteiger partial charge in [-0.15, -0.1) is 0 Å². The van der Waals surface area contributed by atoms with Gasteiger partial charge < -0.3 is 4.74 Å². The molecule has 2 atom stereocenters. The van der Waals surface area contributed by atoms with Crippen LogP contribution < -0.4 is 4.72 Å². The lowest BCUT2D eigenvalue weighted by atomic mass is 10.3. The molecule has 1 aromatic heterocycles. The van der Waals surface area contributed by atoms with Crippen LogP contribution in [0.15, 0.2) is 16.7 Å². The third-order valence-corrected chi connectivity index (χ3v) is 4.91. The molecule has 1 aromatic rings. The molecule has 0 aliphatic carbocycles. The van der Waals surface area contributed by atoms with E-state index in [1.54, 1.807) is 19.1 Å². The Kier molecular flexibility index (Phi) is 4.68. The molecule has 0 radical (unpaired) electrons. The number of nitrogens with one attached hydrogen (secondary N) is 1. The van der Waals surface area contributed by atoms with Crippen molar-refractivity contribution in [1.82, 2.24) is 9.29 Å². The van der Waals surface area contributed by atoms with Gasteiger partial charge in [0.25, 0.3) is 0 Å². The van der Waals surface area contributed by atoms with Crippen LogP contribution in [0.3, 0.4) is 0 Å². The minimum absolute atomic E-state index is 0.112. The number of pyridine rings is 1. The third-order valence-electron chi connectivity index (χ3n) is 3.02. The molecule has 2 heterocycles. The predicted octanol–water partition coefficient (Wildman–Crippen LogP) is 1.92. The molecule has 6 nitrogen and oxygen atoms in total. The molecule has 0 aromatic carbocycles. The SMILES string of the molecule is Cc1nc(Br)ccc1NS(=O)(=O)N1CC(C)OC(C)C1. The van der Waals surface area contributed by atoms with Gasteiger partial charge in [-0.25, -0.2) is 4.98 Å². The molecule has 2 rings (SSSR count). The number of hydrogen-bond acceptors (Lipinski definition) is 4. The maximum absolute atomic E-state index is 12.4. The zero-order valence-corrected chi connectivity index (χ0v) is 14.0. The first-order chi connectivity index (χ1) is 9.28. The Hall–Kier alpha value is -0.700. The van der Waals surface area contributed by atoms with Crippen LogP contribution in [-0.4, -0.2) is 43.0 Å². The maximum atomic E-state index is 12.4. The van der Waals surface area contributed by atoms with Crippen molar-refractivity contribution < 1.29 is 13.2 Å². The van der Waals surface area contributed by atoms with E-state index in [4.69, 9.17) is 4.74 Å². The molecular formula is C12H18BrN3O3S. The molecule has 1 aliphatic heterocycles.